The zero-order valence-electron chi connectivity index (χ0n) is 13.3. The summed E-state index contributed by atoms with van der Waals surface area (Å²) in [6.07, 6.45) is 7.96. The van der Waals surface area contributed by atoms with E-state index < -0.39 is 0 Å². The van der Waals surface area contributed by atoms with E-state index >= 15 is 0 Å². The maximum atomic E-state index is 12.8. The zero-order valence-corrected chi connectivity index (χ0v) is 13.3. The number of carbonyl (C=O) groups excluding carboxylic acids is 1. The summed E-state index contributed by atoms with van der Waals surface area (Å²) in [6, 6.07) is 7.77. The first-order chi connectivity index (χ1) is 11.3. The van der Waals surface area contributed by atoms with Gasteiger partial charge >= 0.3 is 0 Å². The second-order valence-corrected chi connectivity index (χ2v) is 5.75. The minimum atomic E-state index is -0.00606. The first-order valence-corrected chi connectivity index (χ1v) is 7.96. The first kappa shape index (κ1) is 15.6. The van der Waals surface area contributed by atoms with Gasteiger partial charge in [0.25, 0.3) is 0 Å². The van der Waals surface area contributed by atoms with Crippen molar-refractivity contribution in [2.24, 2.45) is 5.92 Å². The predicted octanol–water partition coefficient (Wildman–Crippen LogP) is 2.43. The Bertz CT molecular complexity index is 592. The highest BCUT2D eigenvalue weighted by Gasteiger charge is 2.45. The van der Waals surface area contributed by atoms with Gasteiger partial charge in [-0.2, -0.15) is 0 Å². The van der Waals surface area contributed by atoms with Crippen LogP contribution in [-0.2, 0) is 22.6 Å². The summed E-state index contributed by atoms with van der Waals surface area (Å²) in [5.74, 6) is 0.151. The number of amides is 1. The highest BCUT2D eigenvalue weighted by atomic mass is 16.5. The molecular weight excluding hydrogens is 290 g/mol. The molecule has 3 rings (SSSR count). The molecule has 2 aromatic rings. The van der Waals surface area contributed by atoms with Crippen LogP contribution in [0.15, 0.2) is 49.1 Å². The number of ether oxygens (including phenoxy) is 1. The van der Waals surface area contributed by atoms with Crippen LogP contribution in [0.2, 0.25) is 0 Å². The van der Waals surface area contributed by atoms with Crippen molar-refractivity contribution in [1.29, 1.82) is 0 Å². The number of carbonyl (C=O) groups is 1. The van der Waals surface area contributed by atoms with Crippen molar-refractivity contribution >= 4 is 5.91 Å². The summed E-state index contributed by atoms with van der Waals surface area (Å²) in [5, 5.41) is 0. The Kier molecular flexibility index (Phi) is 4.98. The van der Waals surface area contributed by atoms with Gasteiger partial charge in [-0.15, -0.1) is 0 Å². The summed E-state index contributed by atoms with van der Waals surface area (Å²) in [7, 11) is 0. The lowest BCUT2D eigenvalue weighted by atomic mass is 10.2. The molecule has 0 bridgehead atoms. The minimum absolute atomic E-state index is 0.00606. The van der Waals surface area contributed by atoms with Crippen molar-refractivity contribution in [3.8, 4) is 0 Å². The topological polar surface area (TPSA) is 55.3 Å². The molecule has 0 aliphatic heterocycles. The molecule has 5 heteroatoms. The van der Waals surface area contributed by atoms with Crippen LogP contribution in [0.25, 0.3) is 0 Å². The largest absolute Gasteiger partial charge is 0.378 e. The van der Waals surface area contributed by atoms with Crippen LogP contribution in [0.3, 0.4) is 0 Å². The molecule has 1 amide bonds. The number of hydrogen-bond acceptors (Lipinski definition) is 4. The van der Waals surface area contributed by atoms with Gasteiger partial charge in [-0.05, 0) is 42.7 Å². The summed E-state index contributed by atoms with van der Waals surface area (Å²) >= 11 is 0. The Morgan fingerprint density at radius 2 is 1.96 bits per heavy atom. The van der Waals surface area contributed by atoms with E-state index in [4.69, 9.17) is 4.74 Å². The van der Waals surface area contributed by atoms with Gasteiger partial charge in [0.15, 0.2) is 0 Å². The number of aromatic nitrogens is 2. The fraction of sp³-hybridized carbons (Fsp3) is 0.389. The zero-order chi connectivity index (χ0) is 16.1. The highest BCUT2D eigenvalue weighted by molar-refractivity contribution is 5.82. The van der Waals surface area contributed by atoms with Gasteiger partial charge in [-0.25, -0.2) is 0 Å². The Balaban J connectivity index is 1.72. The third kappa shape index (κ3) is 4.13. The van der Waals surface area contributed by atoms with Gasteiger partial charge in [0.2, 0.25) is 5.91 Å². The standard InChI is InChI=1S/C18H21N3O2/c1-2-23-17-10-16(17)18(22)21(12-14-5-8-19-9-6-14)13-15-4-3-7-20-11-15/h3-9,11,16-17H,2,10,12-13H2,1H3/t16-,17+/m1/s1. The molecule has 120 valence electrons. The summed E-state index contributed by atoms with van der Waals surface area (Å²) in [4.78, 5) is 22.9. The van der Waals surface area contributed by atoms with Crippen LogP contribution in [0, 0.1) is 5.92 Å². The lowest BCUT2D eigenvalue weighted by Gasteiger charge is -2.23. The average Bonchev–Trinajstić information content (AvgIpc) is 3.35. The van der Waals surface area contributed by atoms with Gasteiger partial charge in [-0.3, -0.25) is 14.8 Å². The van der Waals surface area contributed by atoms with Gasteiger partial charge < -0.3 is 9.64 Å². The molecule has 23 heavy (non-hydrogen) atoms. The van der Waals surface area contributed by atoms with E-state index in [9.17, 15) is 4.79 Å². The Labute approximate surface area is 136 Å². The highest BCUT2D eigenvalue weighted by Crippen LogP contribution is 2.36. The normalized spacial score (nSPS) is 19.3. The quantitative estimate of drug-likeness (QED) is 0.788. The molecule has 0 radical (unpaired) electrons. The molecule has 1 saturated carbocycles. The van der Waals surface area contributed by atoms with E-state index in [1.165, 1.54) is 0 Å². The number of pyridine rings is 2. The van der Waals surface area contributed by atoms with Crippen molar-refractivity contribution in [3.63, 3.8) is 0 Å². The molecule has 0 saturated heterocycles. The van der Waals surface area contributed by atoms with E-state index in [1.54, 1.807) is 24.8 Å². The molecule has 1 aliphatic carbocycles. The monoisotopic (exact) mass is 311 g/mol. The van der Waals surface area contributed by atoms with E-state index in [0.29, 0.717) is 19.7 Å². The third-order valence-corrected chi connectivity index (χ3v) is 3.96. The van der Waals surface area contributed by atoms with Crippen molar-refractivity contribution < 1.29 is 9.53 Å². The molecular formula is C18H21N3O2. The van der Waals surface area contributed by atoms with Gasteiger partial charge in [0.05, 0.1) is 12.0 Å². The Morgan fingerprint density at radius 1 is 1.17 bits per heavy atom. The van der Waals surface area contributed by atoms with Crippen LogP contribution in [0.1, 0.15) is 24.5 Å². The summed E-state index contributed by atoms with van der Waals surface area (Å²) in [5.41, 5.74) is 2.11. The second-order valence-electron chi connectivity index (χ2n) is 5.75. The van der Waals surface area contributed by atoms with Crippen LogP contribution in [-0.4, -0.2) is 33.5 Å². The van der Waals surface area contributed by atoms with Crippen molar-refractivity contribution in [3.05, 3.63) is 60.2 Å². The number of rotatable bonds is 7. The number of nitrogens with zero attached hydrogens (tertiary/aromatic N) is 3. The first-order valence-electron chi connectivity index (χ1n) is 7.96. The lowest BCUT2D eigenvalue weighted by molar-refractivity contribution is -0.134. The van der Waals surface area contributed by atoms with Crippen LogP contribution < -0.4 is 0 Å². The number of hydrogen-bond donors (Lipinski definition) is 0. The molecule has 0 unspecified atom stereocenters. The molecule has 2 heterocycles. The fourth-order valence-corrected chi connectivity index (χ4v) is 2.70. The van der Waals surface area contributed by atoms with Gasteiger partial charge in [0.1, 0.15) is 0 Å². The van der Waals surface area contributed by atoms with Crippen LogP contribution >= 0.6 is 0 Å². The molecule has 1 fully saturated rings. The van der Waals surface area contributed by atoms with E-state index in [-0.39, 0.29) is 17.9 Å². The molecule has 0 aromatic carbocycles. The summed E-state index contributed by atoms with van der Waals surface area (Å²) in [6.45, 7) is 3.75. The van der Waals surface area contributed by atoms with Gasteiger partial charge in [-0.1, -0.05) is 6.07 Å². The SMILES string of the molecule is CCO[C@H]1C[C@H]1C(=O)N(Cc1ccncc1)Cc1cccnc1. The van der Waals surface area contributed by atoms with Crippen molar-refractivity contribution in [1.82, 2.24) is 14.9 Å². The Morgan fingerprint density at radius 3 is 2.65 bits per heavy atom. The third-order valence-electron chi connectivity index (χ3n) is 3.96. The van der Waals surface area contributed by atoms with Crippen molar-refractivity contribution in [2.75, 3.05) is 6.61 Å². The van der Waals surface area contributed by atoms with Crippen LogP contribution in [0.5, 0.6) is 0 Å². The van der Waals surface area contributed by atoms with E-state index in [1.807, 2.05) is 36.1 Å². The van der Waals surface area contributed by atoms with Crippen LogP contribution in [0.4, 0.5) is 0 Å². The lowest BCUT2D eigenvalue weighted by Crippen LogP contribution is -2.32. The molecule has 0 spiro atoms. The second kappa shape index (κ2) is 7.33. The smallest absolute Gasteiger partial charge is 0.229 e. The molecule has 5 nitrogen and oxygen atoms in total. The fourth-order valence-electron chi connectivity index (χ4n) is 2.70. The van der Waals surface area contributed by atoms with E-state index in [0.717, 1.165) is 17.5 Å². The average molecular weight is 311 g/mol. The minimum Gasteiger partial charge on any atom is -0.378 e. The molecule has 2 atom stereocenters. The maximum Gasteiger partial charge on any atom is 0.229 e. The van der Waals surface area contributed by atoms with Crippen molar-refractivity contribution in [2.45, 2.75) is 32.5 Å². The molecule has 1 aliphatic rings. The predicted molar refractivity (Wildman–Crippen MR) is 86.2 cm³/mol. The van der Waals surface area contributed by atoms with E-state index in [2.05, 4.69) is 9.97 Å². The molecule has 2 aromatic heterocycles. The molecule has 0 N–H and O–H groups in total. The Hall–Kier alpha value is -2.27. The maximum absolute atomic E-state index is 12.8. The van der Waals surface area contributed by atoms with Gasteiger partial charge in [0, 0.05) is 44.5 Å². The summed E-state index contributed by atoms with van der Waals surface area (Å²) < 4.78 is 5.57.